The third-order valence-corrected chi connectivity index (χ3v) is 9.43. The molecule has 7 rings (SSSR count). The highest BCUT2D eigenvalue weighted by Crippen LogP contribution is 2.42. The molecule has 4 heterocycles. The van der Waals surface area contributed by atoms with Gasteiger partial charge in [-0.1, -0.05) is 13.0 Å². The summed E-state index contributed by atoms with van der Waals surface area (Å²) in [4.78, 5) is 26.8. The van der Waals surface area contributed by atoms with Crippen LogP contribution in [0.4, 0.5) is 19.0 Å². The van der Waals surface area contributed by atoms with Crippen LogP contribution in [0.1, 0.15) is 38.2 Å². The number of nitrogens with zero attached hydrogens (tertiary/aromatic N) is 4. The van der Waals surface area contributed by atoms with E-state index < -0.39 is 35.2 Å². The number of aliphatic carboxylic acids is 1. The van der Waals surface area contributed by atoms with Crippen molar-refractivity contribution in [3.05, 3.63) is 47.7 Å². The van der Waals surface area contributed by atoms with Crippen LogP contribution in [-0.2, 0) is 11.2 Å². The van der Waals surface area contributed by atoms with E-state index in [1.54, 1.807) is 6.92 Å². The number of phenolic OH excluding ortho intramolecular Hbond substituents is 1. The molecule has 0 unspecified atom stereocenters. The zero-order chi connectivity index (χ0) is 30.7. The molecule has 2 aromatic heterocycles. The van der Waals surface area contributed by atoms with E-state index in [9.17, 15) is 23.8 Å². The van der Waals surface area contributed by atoms with Crippen LogP contribution < -0.4 is 10.1 Å². The lowest BCUT2D eigenvalue weighted by Gasteiger charge is -2.30. The number of alkyl halides is 1. The number of benzene rings is 2. The molecule has 3 N–H and O–H groups in total. The standard InChI is InChI=1S/C32H32F3N5O4/c1-2-20-24(34)5-4-16-8-19(41)10-22(25(16)20)27-26(35)28-23(13-36-27)29(37-12-17-9-21(17)30(42)43)39-31(38-28)44-15-32-6-3-7-40(32)14-18(33)11-32/h4-5,8,10,13,17-18,21,41H,2-3,6-7,9,11-12,14-15H2,1H3,(H,42,43)(H,37,38,39)/t17-,18+,21-,32-/m0/s1. The summed E-state index contributed by atoms with van der Waals surface area (Å²) in [5.74, 6) is -2.58. The number of ether oxygens (including phenoxy) is 1. The van der Waals surface area contributed by atoms with Gasteiger partial charge in [-0.25, -0.2) is 13.2 Å². The van der Waals surface area contributed by atoms with E-state index in [0.29, 0.717) is 48.7 Å². The van der Waals surface area contributed by atoms with Crippen molar-refractivity contribution in [2.24, 2.45) is 11.8 Å². The van der Waals surface area contributed by atoms with Crippen molar-refractivity contribution in [1.82, 2.24) is 19.9 Å². The average Bonchev–Trinajstić information content (AvgIpc) is 3.59. The Kier molecular flexibility index (Phi) is 6.99. The van der Waals surface area contributed by atoms with Crippen molar-refractivity contribution in [1.29, 1.82) is 0 Å². The second-order valence-corrected chi connectivity index (χ2v) is 12.2. The first-order chi connectivity index (χ1) is 21.2. The number of carbonyl (C=O) groups is 1. The van der Waals surface area contributed by atoms with Crippen molar-refractivity contribution in [3.8, 4) is 23.0 Å². The zero-order valence-corrected chi connectivity index (χ0v) is 24.1. The molecule has 12 heteroatoms. The second-order valence-electron chi connectivity index (χ2n) is 12.2. The molecular weight excluding hydrogens is 575 g/mol. The van der Waals surface area contributed by atoms with E-state index in [4.69, 9.17) is 4.74 Å². The van der Waals surface area contributed by atoms with Gasteiger partial charge in [-0.3, -0.25) is 14.7 Å². The Balaban J connectivity index is 1.32. The number of aryl methyl sites for hydroxylation is 1. The quantitative estimate of drug-likeness (QED) is 0.227. The first kappa shape index (κ1) is 28.6. The maximum atomic E-state index is 16.5. The fraction of sp³-hybridized carbons (Fsp3) is 0.438. The van der Waals surface area contributed by atoms with Gasteiger partial charge in [0.05, 0.1) is 16.8 Å². The van der Waals surface area contributed by atoms with Gasteiger partial charge >= 0.3 is 12.0 Å². The first-order valence-electron chi connectivity index (χ1n) is 15.0. The van der Waals surface area contributed by atoms with Crippen LogP contribution in [0.2, 0.25) is 0 Å². The van der Waals surface area contributed by atoms with Crippen LogP contribution in [-0.4, -0.2) is 74.0 Å². The molecule has 3 fully saturated rings. The predicted molar refractivity (Wildman–Crippen MR) is 158 cm³/mol. The highest BCUT2D eigenvalue weighted by Gasteiger charge is 2.49. The summed E-state index contributed by atoms with van der Waals surface area (Å²) < 4.78 is 51.8. The molecule has 9 nitrogen and oxygen atoms in total. The Bertz CT molecular complexity index is 1810. The minimum absolute atomic E-state index is 0.102. The summed E-state index contributed by atoms with van der Waals surface area (Å²) in [6, 6.07) is 5.59. The number of pyridine rings is 1. The molecule has 4 aromatic rings. The maximum absolute atomic E-state index is 16.5. The molecule has 2 aliphatic heterocycles. The number of hydrogen-bond acceptors (Lipinski definition) is 8. The number of phenols is 1. The summed E-state index contributed by atoms with van der Waals surface area (Å²) in [5, 5.41) is 24.2. The molecule has 1 aliphatic carbocycles. The van der Waals surface area contributed by atoms with E-state index in [2.05, 4.69) is 25.2 Å². The SMILES string of the molecule is CCc1c(F)ccc2cc(O)cc(-c3ncc4c(NC[C@@H]5C[C@@H]5C(=O)O)nc(OC[C@@]56CCCN5C[C@H](F)C6)nc4c3F)c12. The molecule has 0 amide bonds. The Morgan fingerprint density at radius 2 is 2.09 bits per heavy atom. The third kappa shape index (κ3) is 4.85. The number of fused-ring (bicyclic) bond motifs is 3. The molecule has 0 bridgehead atoms. The van der Waals surface area contributed by atoms with Gasteiger partial charge in [0.2, 0.25) is 0 Å². The summed E-state index contributed by atoms with van der Waals surface area (Å²) >= 11 is 0. The molecule has 4 atom stereocenters. The number of carboxylic acid groups (broad SMARTS) is 1. The number of anilines is 1. The van der Waals surface area contributed by atoms with Gasteiger partial charge < -0.3 is 20.3 Å². The molecule has 2 saturated heterocycles. The molecule has 2 aromatic carbocycles. The Morgan fingerprint density at radius 3 is 2.86 bits per heavy atom. The van der Waals surface area contributed by atoms with Crippen molar-refractivity contribution >= 4 is 33.5 Å². The van der Waals surface area contributed by atoms with E-state index in [1.165, 1.54) is 30.5 Å². The van der Waals surface area contributed by atoms with E-state index in [-0.39, 0.29) is 52.3 Å². The van der Waals surface area contributed by atoms with Crippen LogP contribution in [0.15, 0.2) is 30.5 Å². The lowest BCUT2D eigenvalue weighted by atomic mass is 9.94. The molecule has 0 spiro atoms. The number of nitrogens with one attached hydrogen (secondary N) is 1. The number of hydrogen-bond donors (Lipinski definition) is 3. The Hall–Kier alpha value is -4.19. The molecule has 3 aliphatic rings. The predicted octanol–water partition coefficient (Wildman–Crippen LogP) is 5.48. The van der Waals surface area contributed by atoms with Gasteiger partial charge in [0.1, 0.15) is 41.4 Å². The van der Waals surface area contributed by atoms with Gasteiger partial charge in [0.25, 0.3) is 0 Å². The highest BCUT2D eigenvalue weighted by molar-refractivity contribution is 6.01. The van der Waals surface area contributed by atoms with E-state index >= 15 is 4.39 Å². The van der Waals surface area contributed by atoms with Gasteiger partial charge in [-0.05, 0) is 72.7 Å². The van der Waals surface area contributed by atoms with Crippen LogP contribution >= 0.6 is 0 Å². The average molecular weight is 608 g/mol. The van der Waals surface area contributed by atoms with Gasteiger partial charge in [0.15, 0.2) is 5.82 Å². The fourth-order valence-electron chi connectivity index (χ4n) is 7.11. The number of aromatic hydroxyl groups is 1. The van der Waals surface area contributed by atoms with E-state index in [0.717, 1.165) is 19.4 Å². The number of carboxylic acids is 1. The summed E-state index contributed by atoms with van der Waals surface area (Å²) in [6.45, 7) is 3.36. The third-order valence-electron chi connectivity index (χ3n) is 9.43. The maximum Gasteiger partial charge on any atom is 0.319 e. The lowest BCUT2D eigenvalue weighted by Crippen LogP contribution is -2.43. The van der Waals surface area contributed by atoms with Crippen molar-refractivity contribution in [2.45, 2.75) is 50.7 Å². The zero-order valence-electron chi connectivity index (χ0n) is 24.1. The Morgan fingerprint density at radius 1 is 1.25 bits per heavy atom. The van der Waals surface area contributed by atoms with Gasteiger partial charge in [0, 0.05) is 31.3 Å². The summed E-state index contributed by atoms with van der Waals surface area (Å²) in [7, 11) is 0. The van der Waals surface area contributed by atoms with Crippen LogP contribution in [0.25, 0.3) is 32.9 Å². The van der Waals surface area contributed by atoms with Crippen LogP contribution in [0.5, 0.6) is 11.8 Å². The van der Waals surface area contributed by atoms with Gasteiger partial charge in [-0.2, -0.15) is 9.97 Å². The minimum Gasteiger partial charge on any atom is -0.508 e. The van der Waals surface area contributed by atoms with Crippen molar-refractivity contribution in [3.63, 3.8) is 0 Å². The van der Waals surface area contributed by atoms with Crippen LogP contribution in [0.3, 0.4) is 0 Å². The fourth-order valence-corrected chi connectivity index (χ4v) is 7.11. The molecule has 44 heavy (non-hydrogen) atoms. The molecule has 230 valence electrons. The highest BCUT2D eigenvalue weighted by atomic mass is 19.1. The molecule has 1 saturated carbocycles. The topological polar surface area (TPSA) is 121 Å². The van der Waals surface area contributed by atoms with E-state index in [1.807, 2.05) is 0 Å². The monoisotopic (exact) mass is 607 g/mol. The summed E-state index contributed by atoms with van der Waals surface area (Å²) in [6.07, 6.45) is 3.35. The first-order valence-corrected chi connectivity index (χ1v) is 15.0. The second kappa shape index (κ2) is 10.8. The summed E-state index contributed by atoms with van der Waals surface area (Å²) in [5.41, 5.74) is -0.118. The molecular formula is C32H32F3N5O4. The minimum atomic E-state index is -0.949. The molecule has 0 radical (unpaired) electrons. The van der Waals surface area contributed by atoms with Crippen molar-refractivity contribution in [2.75, 3.05) is 31.6 Å². The van der Waals surface area contributed by atoms with Gasteiger partial charge in [-0.15, -0.1) is 0 Å². The Labute approximate surface area is 251 Å². The normalized spacial score (nSPS) is 24.6. The smallest absolute Gasteiger partial charge is 0.319 e. The lowest BCUT2D eigenvalue weighted by molar-refractivity contribution is -0.138. The number of rotatable bonds is 9. The van der Waals surface area contributed by atoms with Crippen molar-refractivity contribution < 1.29 is 32.9 Å². The van der Waals surface area contributed by atoms with Crippen LogP contribution in [0, 0.1) is 23.5 Å². The number of halogens is 3. The number of aromatic nitrogens is 3. The largest absolute Gasteiger partial charge is 0.508 e.